The Kier molecular flexibility index (Phi) is 22.7. The molecule has 0 N–H and O–H groups in total. The van der Waals surface area contributed by atoms with E-state index in [1.165, 1.54) is 173 Å². The molecule has 0 saturated heterocycles. The fourth-order valence-electron chi connectivity index (χ4n) is 5.52. The standard InChI is InChI=1S/C36H66/c1-36(2,3)34-30-25-23-21-19-17-15-13-11-9-7-5-4-6-8-10-12-14-16-18-20-22-24-27-31-35-32-28-26-29-33-35/h26,28-29,32-33H,4-25,27,30-31,34H2,1-3H3. The predicted molar refractivity (Wildman–Crippen MR) is 165 cm³/mol. The topological polar surface area (TPSA) is 0 Å². The lowest BCUT2D eigenvalue weighted by molar-refractivity contribution is 0.356. The third-order valence-corrected chi connectivity index (χ3v) is 7.99. The molecule has 0 aliphatic heterocycles. The predicted octanol–water partition coefficient (Wildman–Crippen LogP) is 13.0. The van der Waals surface area contributed by atoms with E-state index in [1.54, 1.807) is 0 Å². The molecule has 1 rings (SSSR count). The minimum Gasteiger partial charge on any atom is -0.0622 e. The number of benzene rings is 1. The third kappa shape index (κ3) is 24.9. The average molecular weight is 499 g/mol. The largest absolute Gasteiger partial charge is 0.0622 e. The molecule has 0 amide bonds. The number of rotatable bonds is 26. The summed E-state index contributed by atoms with van der Waals surface area (Å²) in [6, 6.07) is 11.0. The van der Waals surface area contributed by atoms with Crippen LogP contribution < -0.4 is 0 Å². The Balaban J connectivity index is 1.65. The first-order chi connectivity index (χ1) is 17.6. The summed E-state index contributed by atoms with van der Waals surface area (Å²) in [6.07, 6.45) is 37.8. The van der Waals surface area contributed by atoms with Crippen LogP contribution in [0.4, 0.5) is 0 Å². The number of unbranched alkanes of at least 4 members (excludes halogenated alkanes) is 23. The molecule has 0 aromatic heterocycles. The van der Waals surface area contributed by atoms with Gasteiger partial charge in [-0.15, -0.1) is 0 Å². The summed E-state index contributed by atoms with van der Waals surface area (Å²) < 4.78 is 0. The second-order valence-electron chi connectivity index (χ2n) is 13.0. The van der Waals surface area contributed by atoms with Gasteiger partial charge in [-0.1, -0.05) is 199 Å². The van der Waals surface area contributed by atoms with Gasteiger partial charge < -0.3 is 0 Å². The van der Waals surface area contributed by atoms with E-state index in [-0.39, 0.29) is 0 Å². The second kappa shape index (κ2) is 24.6. The van der Waals surface area contributed by atoms with Crippen LogP contribution in [0.3, 0.4) is 0 Å². The first-order valence-corrected chi connectivity index (χ1v) is 16.6. The molecule has 0 unspecified atom stereocenters. The van der Waals surface area contributed by atoms with E-state index in [0.29, 0.717) is 5.41 Å². The summed E-state index contributed by atoms with van der Waals surface area (Å²) in [6.45, 7) is 7.10. The average Bonchev–Trinajstić information content (AvgIpc) is 2.86. The van der Waals surface area contributed by atoms with Crippen molar-refractivity contribution in [2.45, 2.75) is 188 Å². The molecule has 0 spiro atoms. The Bertz CT molecular complexity index is 537. The molecule has 0 aliphatic carbocycles. The zero-order valence-electron chi connectivity index (χ0n) is 25.3. The van der Waals surface area contributed by atoms with Gasteiger partial charge in [0.15, 0.2) is 0 Å². The van der Waals surface area contributed by atoms with E-state index in [1.807, 2.05) is 0 Å². The van der Waals surface area contributed by atoms with E-state index in [2.05, 4.69) is 51.1 Å². The zero-order chi connectivity index (χ0) is 26.0. The fourth-order valence-corrected chi connectivity index (χ4v) is 5.52. The molecule has 0 saturated carbocycles. The molecule has 36 heavy (non-hydrogen) atoms. The monoisotopic (exact) mass is 499 g/mol. The molecular weight excluding hydrogens is 432 g/mol. The summed E-state index contributed by atoms with van der Waals surface area (Å²) in [4.78, 5) is 0. The molecule has 1 aromatic carbocycles. The van der Waals surface area contributed by atoms with Gasteiger partial charge in [-0.3, -0.25) is 0 Å². The molecule has 0 fully saturated rings. The second-order valence-corrected chi connectivity index (χ2v) is 13.0. The lowest BCUT2D eigenvalue weighted by Crippen LogP contribution is -2.03. The smallest absolute Gasteiger partial charge is 0.0279 e. The Morgan fingerprint density at radius 3 is 0.944 bits per heavy atom. The first kappa shape index (κ1) is 33.2. The minimum absolute atomic E-state index is 0.531. The zero-order valence-corrected chi connectivity index (χ0v) is 25.3. The van der Waals surface area contributed by atoms with Crippen LogP contribution in [0.5, 0.6) is 0 Å². The van der Waals surface area contributed by atoms with Crippen molar-refractivity contribution in [2.24, 2.45) is 5.41 Å². The van der Waals surface area contributed by atoms with Gasteiger partial charge in [0.05, 0.1) is 0 Å². The van der Waals surface area contributed by atoms with Crippen molar-refractivity contribution < 1.29 is 0 Å². The molecule has 0 bridgehead atoms. The van der Waals surface area contributed by atoms with Gasteiger partial charge >= 0.3 is 0 Å². The lowest BCUT2D eigenvalue weighted by atomic mass is 9.89. The molecule has 0 heterocycles. The van der Waals surface area contributed by atoms with Crippen molar-refractivity contribution in [1.82, 2.24) is 0 Å². The number of hydrogen-bond donors (Lipinski definition) is 0. The highest BCUT2D eigenvalue weighted by Crippen LogP contribution is 2.23. The fraction of sp³-hybridized carbons (Fsp3) is 0.833. The van der Waals surface area contributed by atoms with Crippen LogP contribution in [0.1, 0.15) is 187 Å². The van der Waals surface area contributed by atoms with Crippen molar-refractivity contribution in [3.63, 3.8) is 0 Å². The quantitative estimate of drug-likeness (QED) is 0.111. The summed E-state index contributed by atoms with van der Waals surface area (Å²) in [7, 11) is 0. The van der Waals surface area contributed by atoms with E-state index < -0.39 is 0 Å². The van der Waals surface area contributed by atoms with E-state index >= 15 is 0 Å². The minimum atomic E-state index is 0.531. The molecule has 1 aromatic rings. The Hall–Kier alpha value is -0.780. The van der Waals surface area contributed by atoms with Gasteiger partial charge in [-0.05, 0) is 30.2 Å². The maximum Gasteiger partial charge on any atom is -0.0279 e. The Labute approximate surface area is 228 Å². The maximum atomic E-state index is 2.37. The van der Waals surface area contributed by atoms with Gasteiger partial charge in [0.1, 0.15) is 0 Å². The van der Waals surface area contributed by atoms with Gasteiger partial charge in [0, 0.05) is 0 Å². The van der Waals surface area contributed by atoms with Crippen molar-refractivity contribution in [3.05, 3.63) is 35.9 Å². The van der Waals surface area contributed by atoms with Gasteiger partial charge in [0.2, 0.25) is 0 Å². The molecule has 0 nitrogen and oxygen atoms in total. The van der Waals surface area contributed by atoms with E-state index in [4.69, 9.17) is 0 Å². The van der Waals surface area contributed by atoms with Crippen LogP contribution in [0, 0.1) is 5.41 Å². The van der Waals surface area contributed by atoms with Gasteiger partial charge in [0.25, 0.3) is 0 Å². The van der Waals surface area contributed by atoms with E-state index in [9.17, 15) is 0 Å². The molecule has 210 valence electrons. The van der Waals surface area contributed by atoms with Crippen molar-refractivity contribution in [3.8, 4) is 0 Å². The van der Waals surface area contributed by atoms with Crippen molar-refractivity contribution in [1.29, 1.82) is 0 Å². The molecule has 0 radical (unpaired) electrons. The Morgan fingerprint density at radius 1 is 0.361 bits per heavy atom. The number of aryl methyl sites for hydroxylation is 1. The van der Waals surface area contributed by atoms with Crippen molar-refractivity contribution in [2.75, 3.05) is 0 Å². The molecule has 0 heteroatoms. The van der Waals surface area contributed by atoms with Gasteiger partial charge in [-0.2, -0.15) is 0 Å². The highest BCUT2D eigenvalue weighted by Gasteiger charge is 2.08. The van der Waals surface area contributed by atoms with Crippen LogP contribution in [-0.2, 0) is 6.42 Å². The first-order valence-electron chi connectivity index (χ1n) is 16.6. The third-order valence-electron chi connectivity index (χ3n) is 7.99. The van der Waals surface area contributed by atoms with Crippen LogP contribution in [-0.4, -0.2) is 0 Å². The molecule has 0 aliphatic rings. The summed E-state index contributed by atoms with van der Waals surface area (Å²) in [5.74, 6) is 0. The normalized spacial score (nSPS) is 11.9. The van der Waals surface area contributed by atoms with Gasteiger partial charge in [-0.25, -0.2) is 0 Å². The van der Waals surface area contributed by atoms with Crippen LogP contribution >= 0.6 is 0 Å². The molecule has 0 atom stereocenters. The number of hydrogen-bond acceptors (Lipinski definition) is 0. The van der Waals surface area contributed by atoms with Crippen LogP contribution in [0.25, 0.3) is 0 Å². The Morgan fingerprint density at radius 2 is 0.639 bits per heavy atom. The molecular formula is C36H66. The van der Waals surface area contributed by atoms with Crippen LogP contribution in [0.2, 0.25) is 0 Å². The van der Waals surface area contributed by atoms with E-state index in [0.717, 1.165) is 0 Å². The highest BCUT2D eigenvalue weighted by molar-refractivity contribution is 5.14. The summed E-state index contributed by atoms with van der Waals surface area (Å²) in [5, 5.41) is 0. The summed E-state index contributed by atoms with van der Waals surface area (Å²) >= 11 is 0. The SMILES string of the molecule is CC(C)(C)CCCCCCCCCCCCCCCCCCCCCCCCCCc1ccccc1. The highest BCUT2D eigenvalue weighted by atomic mass is 14.1. The maximum absolute atomic E-state index is 2.37. The lowest BCUT2D eigenvalue weighted by Gasteiger charge is -2.17. The van der Waals surface area contributed by atoms with Crippen LogP contribution in [0.15, 0.2) is 30.3 Å². The summed E-state index contributed by atoms with van der Waals surface area (Å²) in [5.41, 5.74) is 2.04. The van der Waals surface area contributed by atoms with Crippen molar-refractivity contribution >= 4 is 0 Å².